The van der Waals surface area contributed by atoms with Crippen molar-refractivity contribution in [2.45, 2.75) is 25.5 Å². The van der Waals surface area contributed by atoms with Crippen LogP contribution < -0.4 is 5.32 Å². The summed E-state index contributed by atoms with van der Waals surface area (Å²) in [5, 5.41) is 22.6. The Morgan fingerprint density at radius 1 is 1.03 bits per heavy atom. The van der Waals surface area contributed by atoms with Gasteiger partial charge in [0.25, 0.3) is 5.69 Å². The van der Waals surface area contributed by atoms with Crippen molar-refractivity contribution in [1.82, 2.24) is 5.32 Å². The number of carboxylic acid groups (broad SMARTS) is 1. The van der Waals surface area contributed by atoms with Gasteiger partial charge in [-0.3, -0.25) is 10.1 Å². The van der Waals surface area contributed by atoms with E-state index in [1.165, 1.54) is 35.4 Å². The molecular weight excluding hydrogens is 412 g/mol. The van der Waals surface area contributed by atoms with E-state index < -0.39 is 23.0 Å². The first kappa shape index (κ1) is 21.0. The number of hydrogen-bond acceptors (Lipinski definition) is 5. The van der Waals surface area contributed by atoms with Crippen molar-refractivity contribution in [2.24, 2.45) is 0 Å². The van der Waals surface area contributed by atoms with E-state index in [4.69, 9.17) is 4.74 Å². The summed E-state index contributed by atoms with van der Waals surface area (Å²) >= 11 is 0. The monoisotopic (exact) mass is 432 g/mol. The molecule has 0 saturated carbocycles. The molecule has 0 heterocycles. The van der Waals surface area contributed by atoms with Crippen LogP contribution in [0, 0.1) is 10.1 Å². The number of carbonyl (C=O) groups excluding carboxylic acids is 1. The Morgan fingerprint density at radius 2 is 1.75 bits per heavy atom. The molecule has 4 rings (SSSR count). The summed E-state index contributed by atoms with van der Waals surface area (Å²) in [6.07, 6.45) is -0.115. The van der Waals surface area contributed by atoms with E-state index >= 15 is 0 Å². The zero-order chi connectivity index (χ0) is 22.7. The average molecular weight is 432 g/mol. The first-order valence-corrected chi connectivity index (χ1v) is 10.0. The van der Waals surface area contributed by atoms with E-state index in [0.717, 1.165) is 23.1 Å². The fourth-order valence-corrected chi connectivity index (χ4v) is 3.88. The molecule has 8 nitrogen and oxygen atoms in total. The third kappa shape index (κ3) is 4.44. The molecule has 0 radical (unpaired) electrons. The van der Waals surface area contributed by atoms with Gasteiger partial charge in [0.05, 0.1) is 4.92 Å². The molecule has 162 valence electrons. The van der Waals surface area contributed by atoms with Crippen molar-refractivity contribution in [3.8, 4) is 11.1 Å². The zero-order valence-corrected chi connectivity index (χ0v) is 17.0. The van der Waals surface area contributed by atoms with Crippen LogP contribution in [0.5, 0.6) is 0 Å². The number of rotatable bonds is 7. The van der Waals surface area contributed by atoms with Crippen LogP contribution in [0.4, 0.5) is 10.5 Å². The molecule has 1 amide bonds. The maximum atomic E-state index is 12.3. The Morgan fingerprint density at radius 3 is 2.47 bits per heavy atom. The van der Waals surface area contributed by atoms with Crippen LogP contribution in [-0.4, -0.2) is 28.1 Å². The molecule has 0 aromatic heterocycles. The van der Waals surface area contributed by atoms with E-state index in [1.54, 1.807) is 0 Å². The number of ether oxygens (including phenoxy) is 1. The van der Waals surface area contributed by atoms with Crippen molar-refractivity contribution >= 4 is 17.7 Å². The molecule has 3 aromatic carbocycles. The second-order valence-corrected chi connectivity index (χ2v) is 7.52. The van der Waals surface area contributed by atoms with E-state index in [0.29, 0.717) is 5.56 Å². The second kappa shape index (κ2) is 8.89. The highest BCUT2D eigenvalue weighted by molar-refractivity contribution is 5.80. The predicted molar refractivity (Wildman–Crippen MR) is 116 cm³/mol. The molecule has 8 heteroatoms. The highest BCUT2D eigenvalue weighted by Crippen LogP contribution is 2.38. The van der Waals surface area contributed by atoms with E-state index in [2.05, 4.69) is 17.4 Å². The highest BCUT2D eigenvalue weighted by Gasteiger charge is 2.23. The van der Waals surface area contributed by atoms with Crippen molar-refractivity contribution in [3.63, 3.8) is 0 Å². The Bertz CT molecular complexity index is 1190. The second-order valence-electron chi connectivity index (χ2n) is 7.52. The zero-order valence-electron chi connectivity index (χ0n) is 17.0. The Balaban J connectivity index is 1.39. The van der Waals surface area contributed by atoms with Crippen molar-refractivity contribution in [1.29, 1.82) is 0 Å². The maximum absolute atomic E-state index is 12.3. The van der Waals surface area contributed by atoms with Gasteiger partial charge in [-0.25, -0.2) is 9.59 Å². The van der Waals surface area contributed by atoms with Crippen LogP contribution in [-0.2, 0) is 29.0 Å². The Hall–Kier alpha value is -4.20. The molecule has 0 aliphatic heterocycles. The van der Waals surface area contributed by atoms with Gasteiger partial charge < -0.3 is 15.2 Å². The van der Waals surface area contributed by atoms with Crippen LogP contribution in [0.2, 0.25) is 0 Å². The lowest BCUT2D eigenvalue weighted by molar-refractivity contribution is -0.384. The molecule has 0 saturated heterocycles. The number of amides is 1. The molecule has 0 spiro atoms. The van der Waals surface area contributed by atoms with Gasteiger partial charge in [-0.1, -0.05) is 54.6 Å². The molecule has 1 atom stereocenters. The van der Waals surface area contributed by atoms with Crippen LogP contribution in [0.3, 0.4) is 0 Å². The Labute approximate surface area is 183 Å². The van der Waals surface area contributed by atoms with Crippen molar-refractivity contribution in [2.75, 3.05) is 0 Å². The predicted octanol–water partition coefficient (Wildman–Crippen LogP) is 4.09. The molecule has 2 N–H and O–H groups in total. The maximum Gasteiger partial charge on any atom is 0.408 e. The molecule has 32 heavy (non-hydrogen) atoms. The third-order valence-electron chi connectivity index (χ3n) is 5.48. The summed E-state index contributed by atoms with van der Waals surface area (Å²) in [7, 11) is 0. The number of carbonyl (C=O) groups is 2. The summed E-state index contributed by atoms with van der Waals surface area (Å²) in [5.74, 6) is -1.23. The van der Waals surface area contributed by atoms with Crippen LogP contribution in [0.15, 0.2) is 66.7 Å². The highest BCUT2D eigenvalue weighted by atomic mass is 16.6. The molecule has 3 aromatic rings. The number of hydrogen-bond donors (Lipinski definition) is 2. The number of nitrogens with one attached hydrogen (secondary N) is 1. The third-order valence-corrected chi connectivity index (χ3v) is 5.48. The largest absolute Gasteiger partial charge is 0.480 e. The van der Waals surface area contributed by atoms with Crippen LogP contribution in [0.25, 0.3) is 11.1 Å². The van der Waals surface area contributed by atoms with Gasteiger partial charge in [0.1, 0.15) is 12.6 Å². The summed E-state index contributed by atoms with van der Waals surface area (Å²) in [4.78, 5) is 34.1. The quantitative estimate of drug-likeness (QED) is 0.335. The molecular formula is C24H20N2O6. The average Bonchev–Trinajstić information content (AvgIpc) is 3.17. The minimum Gasteiger partial charge on any atom is -0.480 e. The number of benzene rings is 3. The van der Waals surface area contributed by atoms with Gasteiger partial charge in [0, 0.05) is 18.6 Å². The normalized spacial score (nSPS) is 12.4. The van der Waals surface area contributed by atoms with Gasteiger partial charge in [0.2, 0.25) is 0 Å². The van der Waals surface area contributed by atoms with Gasteiger partial charge in [-0.2, -0.15) is 0 Å². The van der Waals surface area contributed by atoms with Crippen LogP contribution >= 0.6 is 0 Å². The lowest BCUT2D eigenvalue weighted by Crippen LogP contribution is -2.42. The number of carboxylic acids is 1. The standard InChI is InChI=1S/C24H20N2O6/c27-23(28)22(12-15-8-10-18(11-9-15)26(30)31)25-24(29)32-14-17-5-3-7-20-19-6-2-1-4-16(19)13-21(17)20/h1-11,22H,12-14H2,(H,25,29)(H,27,28)/t22-/m1/s1. The SMILES string of the molecule is O=C(N[C@H](Cc1ccc([N+](=O)[O-])cc1)C(=O)O)OCc1cccc2c1Cc1ccccc1-2. The number of aliphatic carboxylic acids is 1. The summed E-state index contributed by atoms with van der Waals surface area (Å²) < 4.78 is 5.32. The molecule has 1 aliphatic rings. The first-order valence-electron chi connectivity index (χ1n) is 10.0. The number of fused-ring (bicyclic) bond motifs is 3. The van der Waals surface area contributed by atoms with E-state index in [9.17, 15) is 24.8 Å². The van der Waals surface area contributed by atoms with Gasteiger partial charge in [-0.05, 0) is 39.8 Å². The number of nitro groups is 1. The molecule has 1 aliphatic carbocycles. The molecule has 0 unspecified atom stereocenters. The lowest BCUT2D eigenvalue weighted by atomic mass is 10.0. The van der Waals surface area contributed by atoms with Crippen molar-refractivity contribution in [3.05, 3.63) is 99.1 Å². The molecule has 0 fully saturated rings. The van der Waals surface area contributed by atoms with E-state index in [-0.39, 0.29) is 18.7 Å². The minimum atomic E-state index is -1.23. The van der Waals surface area contributed by atoms with Crippen molar-refractivity contribution < 1.29 is 24.4 Å². The first-order chi connectivity index (χ1) is 15.4. The van der Waals surface area contributed by atoms with Gasteiger partial charge >= 0.3 is 12.1 Å². The van der Waals surface area contributed by atoms with Gasteiger partial charge in [0.15, 0.2) is 0 Å². The summed E-state index contributed by atoms with van der Waals surface area (Å²) in [6.45, 7) is 0.0207. The van der Waals surface area contributed by atoms with E-state index in [1.807, 2.05) is 30.3 Å². The number of non-ortho nitro benzene ring substituents is 1. The Kier molecular flexibility index (Phi) is 5.85. The summed E-state index contributed by atoms with van der Waals surface area (Å²) in [6, 6.07) is 18.2. The van der Waals surface area contributed by atoms with Crippen LogP contribution in [0.1, 0.15) is 22.3 Å². The number of nitrogens with zero attached hydrogens (tertiary/aromatic N) is 1. The number of alkyl carbamates (subject to hydrolysis) is 1. The smallest absolute Gasteiger partial charge is 0.408 e. The van der Waals surface area contributed by atoms with Gasteiger partial charge in [-0.15, -0.1) is 0 Å². The molecule has 0 bridgehead atoms. The summed E-state index contributed by atoms with van der Waals surface area (Å²) in [5.41, 5.74) is 5.92. The topological polar surface area (TPSA) is 119 Å². The minimum absolute atomic E-state index is 0.0207. The fourth-order valence-electron chi connectivity index (χ4n) is 3.88. The number of nitro benzene ring substituents is 1. The lowest BCUT2D eigenvalue weighted by Gasteiger charge is -2.15. The fraction of sp³-hybridized carbons (Fsp3) is 0.167.